The van der Waals surface area contributed by atoms with E-state index in [4.69, 9.17) is 4.42 Å². The van der Waals surface area contributed by atoms with Crippen molar-refractivity contribution in [2.75, 3.05) is 13.1 Å². The standard InChI is InChI=1S/C15H18N6O/c1-11-16-18-14(22-11)10-20-8-5-12(6-9-20)15-19-17-13-4-2-3-7-21(13)15/h2-4,7,12H,5-6,8-10H2,1H3. The van der Waals surface area contributed by atoms with Crippen molar-refractivity contribution in [3.05, 3.63) is 42.0 Å². The molecule has 7 nitrogen and oxygen atoms in total. The molecule has 114 valence electrons. The Bertz CT molecular complexity index is 771. The lowest BCUT2D eigenvalue weighted by Gasteiger charge is -2.30. The van der Waals surface area contributed by atoms with Crippen molar-refractivity contribution in [1.82, 2.24) is 29.7 Å². The average molecular weight is 298 g/mol. The highest BCUT2D eigenvalue weighted by Crippen LogP contribution is 2.27. The van der Waals surface area contributed by atoms with E-state index in [1.165, 1.54) is 0 Å². The zero-order valence-corrected chi connectivity index (χ0v) is 12.5. The normalized spacial score (nSPS) is 17.3. The zero-order valence-electron chi connectivity index (χ0n) is 12.5. The van der Waals surface area contributed by atoms with Crippen molar-refractivity contribution in [3.63, 3.8) is 0 Å². The number of rotatable bonds is 3. The van der Waals surface area contributed by atoms with E-state index >= 15 is 0 Å². The van der Waals surface area contributed by atoms with Crippen molar-refractivity contribution >= 4 is 5.65 Å². The number of aryl methyl sites for hydroxylation is 1. The van der Waals surface area contributed by atoms with Crippen LogP contribution in [0.3, 0.4) is 0 Å². The van der Waals surface area contributed by atoms with Gasteiger partial charge >= 0.3 is 0 Å². The Kier molecular flexibility index (Phi) is 3.34. The van der Waals surface area contributed by atoms with Crippen LogP contribution in [0.5, 0.6) is 0 Å². The molecule has 3 aromatic rings. The fourth-order valence-electron chi connectivity index (χ4n) is 3.08. The van der Waals surface area contributed by atoms with E-state index in [9.17, 15) is 0 Å². The van der Waals surface area contributed by atoms with Crippen LogP contribution >= 0.6 is 0 Å². The lowest BCUT2D eigenvalue weighted by Crippen LogP contribution is -2.33. The molecule has 0 radical (unpaired) electrons. The molecule has 0 atom stereocenters. The van der Waals surface area contributed by atoms with Crippen LogP contribution in [-0.4, -0.2) is 42.8 Å². The Morgan fingerprint density at radius 1 is 1.14 bits per heavy atom. The minimum atomic E-state index is 0.457. The molecule has 1 saturated heterocycles. The van der Waals surface area contributed by atoms with Gasteiger partial charge in [-0.1, -0.05) is 6.07 Å². The topological polar surface area (TPSA) is 72.4 Å². The van der Waals surface area contributed by atoms with Crippen LogP contribution in [0.15, 0.2) is 28.8 Å². The summed E-state index contributed by atoms with van der Waals surface area (Å²) in [7, 11) is 0. The molecule has 22 heavy (non-hydrogen) atoms. The van der Waals surface area contributed by atoms with Crippen LogP contribution in [0.2, 0.25) is 0 Å². The first-order valence-corrected chi connectivity index (χ1v) is 7.60. The Balaban J connectivity index is 1.43. The first-order chi connectivity index (χ1) is 10.8. The number of aromatic nitrogens is 5. The van der Waals surface area contributed by atoms with Crippen molar-refractivity contribution in [3.8, 4) is 0 Å². The molecular weight excluding hydrogens is 280 g/mol. The highest BCUT2D eigenvalue weighted by atomic mass is 16.4. The van der Waals surface area contributed by atoms with E-state index in [0.29, 0.717) is 17.7 Å². The second kappa shape index (κ2) is 5.49. The minimum absolute atomic E-state index is 0.457. The summed E-state index contributed by atoms with van der Waals surface area (Å²) in [5.74, 6) is 2.85. The zero-order chi connectivity index (χ0) is 14.9. The lowest BCUT2D eigenvalue weighted by molar-refractivity contribution is 0.184. The summed E-state index contributed by atoms with van der Waals surface area (Å²) in [6.45, 7) is 4.56. The highest BCUT2D eigenvalue weighted by molar-refractivity contribution is 5.37. The second-order valence-electron chi connectivity index (χ2n) is 5.75. The summed E-state index contributed by atoms with van der Waals surface area (Å²) in [4.78, 5) is 2.35. The maximum atomic E-state index is 5.45. The number of likely N-dealkylation sites (tertiary alicyclic amines) is 1. The van der Waals surface area contributed by atoms with E-state index in [0.717, 1.165) is 43.9 Å². The van der Waals surface area contributed by atoms with Gasteiger partial charge in [0.2, 0.25) is 11.8 Å². The first-order valence-electron chi connectivity index (χ1n) is 7.60. The molecule has 0 bridgehead atoms. The molecule has 1 fully saturated rings. The number of fused-ring (bicyclic) bond motifs is 1. The molecule has 1 aliphatic heterocycles. The van der Waals surface area contributed by atoms with Crippen molar-refractivity contribution in [1.29, 1.82) is 0 Å². The van der Waals surface area contributed by atoms with Gasteiger partial charge in [0.25, 0.3) is 0 Å². The van der Waals surface area contributed by atoms with Crippen LogP contribution in [-0.2, 0) is 6.54 Å². The maximum Gasteiger partial charge on any atom is 0.230 e. The van der Waals surface area contributed by atoms with Crippen molar-refractivity contribution in [2.24, 2.45) is 0 Å². The molecule has 7 heteroatoms. The van der Waals surface area contributed by atoms with Gasteiger partial charge in [-0.25, -0.2) is 0 Å². The summed E-state index contributed by atoms with van der Waals surface area (Å²) in [6.07, 6.45) is 4.18. The van der Waals surface area contributed by atoms with E-state index in [1.807, 2.05) is 31.3 Å². The number of pyridine rings is 1. The van der Waals surface area contributed by atoms with E-state index < -0.39 is 0 Å². The number of hydrogen-bond donors (Lipinski definition) is 0. The molecule has 0 unspecified atom stereocenters. The van der Waals surface area contributed by atoms with Gasteiger partial charge in [-0.15, -0.1) is 20.4 Å². The van der Waals surface area contributed by atoms with E-state index in [1.54, 1.807) is 0 Å². The molecule has 3 aromatic heterocycles. The molecule has 0 aromatic carbocycles. The molecular formula is C15H18N6O. The van der Waals surface area contributed by atoms with Crippen molar-refractivity contribution < 1.29 is 4.42 Å². The number of hydrogen-bond acceptors (Lipinski definition) is 6. The van der Waals surface area contributed by atoms with Gasteiger partial charge in [0.1, 0.15) is 5.82 Å². The van der Waals surface area contributed by atoms with E-state index in [2.05, 4.69) is 29.7 Å². The monoisotopic (exact) mass is 298 g/mol. The SMILES string of the molecule is Cc1nnc(CN2CCC(c3nnc4ccccn34)CC2)o1. The summed E-state index contributed by atoms with van der Waals surface area (Å²) < 4.78 is 7.55. The summed E-state index contributed by atoms with van der Waals surface area (Å²) in [6, 6.07) is 6.00. The van der Waals surface area contributed by atoms with Gasteiger partial charge in [-0.3, -0.25) is 9.30 Å². The molecule has 1 aliphatic rings. The van der Waals surface area contributed by atoms with Crippen LogP contribution in [0.25, 0.3) is 5.65 Å². The van der Waals surface area contributed by atoms with E-state index in [-0.39, 0.29) is 0 Å². The highest BCUT2D eigenvalue weighted by Gasteiger charge is 2.25. The summed E-state index contributed by atoms with van der Waals surface area (Å²) in [5.41, 5.74) is 0.918. The van der Waals surface area contributed by atoms with Gasteiger partial charge in [0.15, 0.2) is 5.65 Å². The van der Waals surface area contributed by atoms with Crippen LogP contribution < -0.4 is 0 Å². The molecule has 4 heterocycles. The summed E-state index contributed by atoms with van der Waals surface area (Å²) in [5, 5.41) is 16.6. The molecule has 4 rings (SSSR count). The largest absolute Gasteiger partial charge is 0.424 e. The number of piperidine rings is 1. The maximum absolute atomic E-state index is 5.45. The molecule has 0 spiro atoms. The third-order valence-corrected chi connectivity index (χ3v) is 4.22. The van der Waals surface area contributed by atoms with Gasteiger partial charge in [0, 0.05) is 19.0 Å². The molecule has 0 aliphatic carbocycles. The van der Waals surface area contributed by atoms with Crippen LogP contribution in [0.1, 0.15) is 36.4 Å². The fraction of sp³-hybridized carbons (Fsp3) is 0.467. The van der Waals surface area contributed by atoms with Gasteiger partial charge in [-0.2, -0.15) is 0 Å². The van der Waals surface area contributed by atoms with Crippen molar-refractivity contribution in [2.45, 2.75) is 32.2 Å². The lowest BCUT2D eigenvalue weighted by atomic mass is 9.96. The Morgan fingerprint density at radius 3 is 2.77 bits per heavy atom. The predicted octanol–water partition coefficient (Wildman–Crippen LogP) is 1.80. The third-order valence-electron chi connectivity index (χ3n) is 4.22. The predicted molar refractivity (Wildman–Crippen MR) is 79.3 cm³/mol. The van der Waals surface area contributed by atoms with Gasteiger partial charge in [-0.05, 0) is 38.1 Å². The Morgan fingerprint density at radius 2 is 2.00 bits per heavy atom. The minimum Gasteiger partial charge on any atom is -0.424 e. The molecule has 0 N–H and O–H groups in total. The fourth-order valence-corrected chi connectivity index (χ4v) is 3.08. The van der Waals surface area contributed by atoms with Gasteiger partial charge in [0.05, 0.1) is 6.54 Å². The van der Waals surface area contributed by atoms with Crippen LogP contribution in [0.4, 0.5) is 0 Å². The number of nitrogens with zero attached hydrogens (tertiary/aromatic N) is 6. The van der Waals surface area contributed by atoms with Crippen LogP contribution in [0, 0.1) is 6.92 Å². The first kappa shape index (κ1) is 13.4. The van der Waals surface area contributed by atoms with Gasteiger partial charge < -0.3 is 4.42 Å². The third kappa shape index (κ3) is 2.48. The smallest absolute Gasteiger partial charge is 0.230 e. The summed E-state index contributed by atoms with van der Waals surface area (Å²) >= 11 is 0. The average Bonchev–Trinajstić information content (AvgIpc) is 3.14. The second-order valence-corrected chi connectivity index (χ2v) is 5.75. The molecule has 0 saturated carbocycles. The Labute approximate surface area is 128 Å². The Hall–Kier alpha value is -2.28. The quantitative estimate of drug-likeness (QED) is 0.734. The molecule has 0 amide bonds.